The van der Waals surface area contributed by atoms with Crippen molar-refractivity contribution >= 4 is 11.4 Å². The van der Waals surface area contributed by atoms with Gasteiger partial charge in [-0.25, -0.2) is 4.68 Å². The molecular formula is C11H10N4O3. The second-order valence-electron chi connectivity index (χ2n) is 3.67. The van der Waals surface area contributed by atoms with Gasteiger partial charge in [-0.05, 0) is 17.7 Å². The summed E-state index contributed by atoms with van der Waals surface area (Å²) in [6.45, 7) is 0.224. The van der Waals surface area contributed by atoms with E-state index in [4.69, 9.17) is 5.73 Å². The highest BCUT2D eigenvalue weighted by molar-refractivity contribution is 5.59. The lowest BCUT2D eigenvalue weighted by atomic mass is 10.2. The molecule has 0 atom stereocenters. The first kappa shape index (κ1) is 11.8. The summed E-state index contributed by atoms with van der Waals surface area (Å²) in [6, 6.07) is 7.28. The predicted octanol–water partition coefficient (Wildman–Crippen LogP) is 0.782. The molecule has 2 aromatic rings. The Balaban J connectivity index is 2.31. The van der Waals surface area contributed by atoms with Crippen LogP contribution in [0.3, 0.4) is 0 Å². The number of nitrogens with two attached hydrogens (primary N) is 1. The molecule has 0 amide bonds. The van der Waals surface area contributed by atoms with E-state index in [2.05, 4.69) is 5.10 Å². The van der Waals surface area contributed by atoms with Crippen molar-refractivity contribution in [2.45, 2.75) is 6.54 Å². The van der Waals surface area contributed by atoms with Gasteiger partial charge in [0.1, 0.15) is 5.69 Å². The number of hydrogen-bond acceptors (Lipinski definition) is 5. The number of nitrogens with zero attached hydrogens (tertiary/aromatic N) is 3. The molecule has 0 bridgehead atoms. The SMILES string of the molecule is Nc1cc(Cn2ncccc2=O)ccc1[N+](=O)[O-]. The van der Waals surface area contributed by atoms with Crippen LogP contribution in [-0.4, -0.2) is 14.7 Å². The molecule has 92 valence electrons. The lowest BCUT2D eigenvalue weighted by Gasteiger charge is -2.05. The summed E-state index contributed by atoms with van der Waals surface area (Å²) in [5.74, 6) is 0. The number of hydrogen-bond donors (Lipinski definition) is 1. The molecule has 1 aromatic heterocycles. The Morgan fingerprint density at radius 2 is 2.17 bits per heavy atom. The van der Waals surface area contributed by atoms with E-state index in [9.17, 15) is 14.9 Å². The van der Waals surface area contributed by atoms with Gasteiger partial charge in [0.25, 0.3) is 11.2 Å². The standard InChI is InChI=1S/C11H10N4O3/c12-9-6-8(3-4-10(9)15(17)18)7-14-11(16)2-1-5-13-14/h1-6H,7,12H2. The molecule has 0 aliphatic heterocycles. The van der Waals surface area contributed by atoms with Crippen molar-refractivity contribution in [2.24, 2.45) is 0 Å². The first-order valence-electron chi connectivity index (χ1n) is 5.13. The van der Waals surface area contributed by atoms with Crippen molar-refractivity contribution in [1.82, 2.24) is 9.78 Å². The van der Waals surface area contributed by atoms with Crippen LogP contribution in [0.5, 0.6) is 0 Å². The van der Waals surface area contributed by atoms with E-state index in [0.29, 0.717) is 5.56 Å². The first-order chi connectivity index (χ1) is 8.58. The molecule has 2 rings (SSSR count). The number of nitro benzene ring substituents is 1. The second kappa shape index (κ2) is 4.66. The molecule has 0 saturated heterocycles. The number of benzene rings is 1. The van der Waals surface area contributed by atoms with Gasteiger partial charge >= 0.3 is 0 Å². The van der Waals surface area contributed by atoms with E-state index in [-0.39, 0.29) is 23.5 Å². The van der Waals surface area contributed by atoms with Gasteiger partial charge in [0, 0.05) is 18.3 Å². The van der Waals surface area contributed by atoms with Gasteiger partial charge in [0.05, 0.1) is 11.5 Å². The predicted molar refractivity (Wildman–Crippen MR) is 65.1 cm³/mol. The molecule has 0 spiro atoms. The van der Waals surface area contributed by atoms with E-state index in [1.54, 1.807) is 12.1 Å². The van der Waals surface area contributed by atoms with E-state index in [0.717, 1.165) is 0 Å². The average molecular weight is 246 g/mol. The maximum atomic E-state index is 11.4. The lowest BCUT2D eigenvalue weighted by molar-refractivity contribution is -0.383. The molecule has 18 heavy (non-hydrogen) atoms. The van der Waals surface area contributed by atoms with Crippen molar-refractivity contribution in [3.8, 4) is 0 Å². The quantitative estimate of drug-likeness (QED) is 0.489. The molecule has 0 fully saturated rings. The van der Waals surface area contributed by atoms with Crippen LogP contribution in [0, 0.1) is 10.1 Å². The van der Waals surface area contributed by atoms with Gasteiger partial charge in [0.15, 0.2) is 0 Å². The highest BCUT2D eigenvalue weighted by Gasteiger charge is 2.11. The van der Waals surface area contributed by atoms with E-state index in [1.165, 1.54) is 29.1 Å². The summed E-state index contributed by atoms with van der Waals surface area (Å²) in [5, 5.41) is 14.5. The van der Waals surface area contributed by atoms with Crippen molar-refractivity contribution in [1.29, 1.82) is 0 Å². The third kappa shape index (κ3) is 2.34. The van der Waals surface area contributed by atoms with Crippen LogP contribution in [0.25, 0.3) is 0 Å². The molecule has 0 radical (unpaired) electrons. The largest absolute Gasteiger partial charge is 0.393 e. The van der Waals surface area contributed by atoms with Gasteiger partial charge in [0.2, 0.25) is 0 Å². The fourth-order valence-corrected chi connectivity index (χ4v) is 1.55. The minimum atomic E-state index is -0.550. The van der Waals surface area contributed by atoms with E-state index >= 15 is 0 Å². The first-order valence-corrected chi connectivity index (χ1v) is 5.13. The minimum absolute atomic E-state index is 0.0708. The number of aromatic nitrogens is 2. The molecule has 7 heteroatoms. The molecule has 0 aliphatic carbocycles. The van der Waals surface area contributed by atoms with Gasteiger partial charge in [-0.2, -0.15) is 5.10 Å². The van der Waals surface area contributed by atoms with Gasteiger partial charge < -0.3 is 5.73 Å². The van der Waals surface area contributed by atoms with Crippen LogP contribution in [-0.2, 0) is 6.54 Å². The molecule has 7 nitrogen and oxygen atoms in total. The summed E-state index contributed by atoms with van der Waals surface area (Å²) in [6.07, 6.45) is 1.50. The van der Waals surface area contributed by atoms with Crippen molar-refractivity contribution in [2.75, 3.05) is 5.73 Å². The summed E-state index contributed by atoms with van der Waals surface area (Å²) < 4.78 is 1.25. The molecule has 0 saturated carbocycles. The smallest absolute Gasteiger partial charge is 0.292 e. The van der Waals surface area contributed by atoms with Crippen LogP contribution in [0.4, 0.5) is 11.4 Å². The second-order valence-corrected chi connectivity index (χ2v) is 3.67. The van der Waals surface area contributed by atoms with Gasteiger partial charge in [-0.1, -0.05) is 6.07 Å². The Morgan fingerprint density at radius 3 is 2.78 bits per heavy atom. The zero-order valence-electron chi connectivity index (χ0n) is 9.31. The maximum absolute atomic E-state index is 11.4. The highest BCUT2D eigenvalue weighted by Crippen LogP contribution is 2.22. The lowest BCUT2D eigenvalue weighted by Crippen LogP contribution is -2.21. The Hall–Kier alpha value is -2.70. The Kier molecular flexibility index (Phi) is 3.05. The number of nitrogen functional groups attached to an aromatic ring is 1. The highest BCUT2D eigenvalue weighted by atomic mass is 16.6. The fraction of sp³-hybridized carbons (Fsp3) is 0.0909. The molecule has 2 N–H and O–H groups in total. The van der Waals surface area contributed by atoms with Crippen LogP contribution in [0.15, 0.2) is 41.3 Å². The minimum Gasteiger partial charge on any atom is -0.393 e. The topological polar surface area (TPSA) is 104 Å². The van der Waals surface area contributed by atoms with Crippen molar-refractivity contribution in [3.63, 3.8) is 0 Å². The number of nitro groups is 1. The summed E-state index contributed by atoms with van der Waals surface area (Å²) in [7, 11) is 0. The third-order valence-electron chi connectivity index (χ3n) is 2.41. The van der Waals surface area contributed by atoms with Crippen molar-refractivity contribution < 1.29 is 4.92 Å². The van der Waals surface area contributed by atoms with Crippen LogP contribution in [0.1, 0.15) is 5.56 Å². The Labute approximate surface area is 102 Å². The zero-order chi connectivity index (χ0) is 13.1. The Morgan fingerprint density at radius 1 is 1.39 bits per heavy atom. The zero-order valence-corrected chi connectivity index (χ0v) is 9.31. The van der Waals surface area contributed by atoms with Gasteiger partial charge in [-0.3, -0.25) is 14.9 Å². The normalized spacial score (nSPS) is 10.2. The Bertz CT molecular complexity index is 651. The third-order valence-corrected chi connectivity index (χ3v) is 2.41. The van der Waals surface area contributed by atoms with E-state index in [1.807, 2.05) is 0 Å². The fourth-order valence-electron chi connectivity index (χ4n) is 1.55. The van der Waals surface area contributed by atoms with Crippen molar-refractivity contribution in [3.05, 3.63) is 62.6 Å². The molecule has 0 aliphatic rings. The van der Waals surface area contributed by atoms with Crippen LogP contribution < -0.4 is 11.3 Å². The van der Waals surface area contributed by atoms with E-state index < -0.39 is 4.92 Å². The molecule has 0 unspecified atom stereocenters. The average Bonchev–Trinajstić information content (AvgIpc) is 2.32. The number of anilines is 1. The van der Waals surface area contributed by atoms with Gasteiger partial charge in [-0.15, -0.1) is 0 Å². The maximum Gasteiger partial charge on any atom is 0.292 e. The monoisotopic (exact) mass is 246 g/mol. The molecular weight excluding hydrogens is 236 g/mol. The molecule has 1 aromatic carbocycles. The van der Waals surface area contributed by atoms with Crippen LogP contribution in [0.2, 0.25) is 0 Å². The summed E-state index contributed by atoms with van der Waals surface area (Å²) in [4.78, 5) is 21.5. The van der Waals surface area contributed by atoms with Crippen LogP contribution >= 0.6 is 0 Å². The number of rotatable bonds is 3. The molecule has 1 heterocycles. The summed E-state index contributed by atoms with van der Waals surface area (Å²) >= 11 is 0. The summed E-state index contributed by atoms with van der Waals surface area (Å²) in [5.41, 5.74) is 5.93.